The van der Waals surface area contributed by atoms with Gasteiger partial charge in [-0.3, -0.25) is 14.4 Å². The van der Waals surface area contributed by atoms with Crippen LogP contribution in [-0.4, -0.2) is 269 Å². The minimum Gasteiger partial charge on any atom is -0.394 e. The van der Waals surface area contributed by atoms with Crippen LogP contribution in [0.2, 0.25) is 0 Å². The number of benzene rings is 1. The monoisotopic (exact) mass is 1010 g/mol. The van der Waals surface area contributed by atoms with Gasteiger partial charge in [-0.15, -0.1) is 0 Å². The van der Waals surface area contributed by atoms with Crippen LogP contribution in [0.25, 0.3) is 0 Å². The summed E-state index contributed by atoms with van der Waals surface area (Å²) >= 11 is 0. The molecule has 19 N–H and O–H groups in total. The van der Waals surface area contributed by atoms with E-state index >= 15 is 0 Å². The van der Waals surface area contributed by atoms with E-state index in [-0.39, 0.29) is 11.3 Å². The fourth-order valence-corrected chi connectivity index (χ4v) is 8.43. The van der Waals surface area contributed by atoms with Gasteiger partial charge in [0, 0.05) is 26.1 Å². The number of hydrogen-bond acceptors (Lipinski definition) is 26. The number of nitrogens with two attached hydrogens (primary N) is 1. The molecule has 4 fully saturated rings. The highest BCUT2D eigenvalue weighted by molar-refractivity contribution is 5.98. The molecule has 29 nitrogen and oxygen atoms in total. The van der Waals surface area contributed by atoms with Crippen LogP contribution in [0.3, 0.4) is 0 Å². The lowest BCUT2D eigenvalue weighted by atomic mass is 9.94. The molecular formula is C41H66N4O25. The Morgan fingerprint density at radius 2 is 1.16 bits per heavy atom. The van der Waals surface area contributed by atoms with Crippen molar-refractivity contribution in [2.75, 3.05) is 38.3 Å². The molecule has 400 valence electrons. The predicted octanol–water partition coefficient (Wildman–Crippen LogP) is -9.75. The normalized spacial score (nSPS) is 39.8. The molecule has 0 bridgehead atoms. The van der Waals surface area contributed by atoms with Crippen LogP contribution in [0.15, 0.2) is 24.3 Å². The zero-order chi connectivity index (χ0) is 51.9. The van der Waals surface area contributed by atoms with Gasteiger partial charge in [-0.1, -0.05) is 12.1 Å². The molecule has 4 aliphatic heterocycles. The number of carbonyl (C=O) groups excluding carboxylic acids is 3. The van der Waals surface area contributed by atoms with Gasteiger partial charge in [-0.05, 0) is 19.1 Å². The summed E-state index contributed by atoms with van der Waals surface area (Å²) in [5, 5.41) is 158. The number of primary amides is 1. The molecule has 29 heteroatoms. The molecule has 4 aliphatic rings. The molecule has 4 saturated heterocycles. The van der Waals surface area contributed by atoms with Gasteiger partial charge in [0.25, 0.3) is 5.91 Å². The van der Waals surface area contributed by atoms with Gasteiger partial charge in [-0.2, -0.15) is 0 Å². The van der Waals surface area contributed by atoms with Crippen LogP contribution < -0.4 is 21.7 Å². The number of aliphatic hydroxyl groups excluding tert-OH is 14. The van der Waals surface area contributed by atoms with Crippen LogP contribution in [0, 0.1) is 0 Å². The molecule has 1 aromatic carbocycles. The van der Waals surface area contributed by atoms with Crippen molar-refractivity contribution in [2.45, 2.75) is 168 Å². The highest BCUT2D eigenvalue weighted by Crippen LogP contribution is 2.37. The predicted molar refractivity (Wildman–Crippen MR) is 227 cm³/mol. The first-order valence-electron chi connectivity index (χ1n) is 22.2. The lowest BCUT2D eigenvalue weighted by Gasteiger charge is -2.51. The van der Waals surface area contributed by atoms with Gasteiger partial charge >= 0.3 is 0 Å². The van der Waals surface area contributed by atoms with Crippen molar-refractivity contribution >= 4 is 23.4 Å². The van der Waals surface area contributed by atoms with E-state index in [0.717, 1.165) is 13.8 Å². The first-order valence-corrected chi connectivity index (χ1v) is 22.2. The Labute approximate surface area is 399 Å². The van der Waals surface area contributed by atoms with E-state index in [2.05, 4.69) is 16.0 Å². The summed E-state index contributed by atoms with van der Waals surface area (Å²) < 4.78 is 47.5. The average molecular weight is 1010 g/mol. The molecule has 0 unspecified atom stereocenters. The van der Waals surface area contributed by atoms with Crippen LogP contribution in [0.4, 0.5) is 5.69 Å². The molecule has 0 aromatic heterocycles. The lowest BCUT2D eigenvalue weighted by molar-refractivity contribution is -0.402. The summed E-state index contributed by atoms with van der Waals surface area (Å²) in [6.45, 7) is -1.10. The second-order valence-electron chi connectivity index (χ2n) is 17.3. The maximum atomic E-state index is 13.0. The number of amides is 3. The molecule has 0 saturated carbocycles. The minimum absolute atomic E-state index is 0.00965. The number of nitrogens with one attached hydrogen (secondary N) is 3. The third-order valence-corrected chi connectivity index (χ3v) is 12.3. The van der Waals surface area contributed by atoms with E-state index in [1.165, 1.54) is 25.1 Å². The molecular weight excluding hydrogens is 948 g/mol. The van der Waals surface area contributed by atoms with Crippen molar-refractivity contribution in [2.24, 2.45) is 5.73 Å². The van der Waals surface area contributed by atoms with Crippen molar-refractivity contribution in [3.8, 4) is 0 Å². The number of aliphatic hydroxyl groups is 14. The van der Waals surface area contributed by atoms with E-state index in [0.29, 0.717) is 0 Å². The Kier molecular flexibility index (Phi) is 20.9. The van der Waals surface area contributed by atoms with Crippen LogP contribution in [0.5, 0.6) is 0 Å². The van der Waals surface area contributed by atoms with E-state index < -0.39 is 198 Å². The summed E-state index contributed by atoms with van der Waals surface area (Å²) in [6, 6.07) is 2.66. The Hall–Kier alpha value is -3.45. The fourth-order valence-electron chi connectivity index (χ4n) is 8.43. The summed E-state index contributed by atoms with van der Waals surface area (Å²) in [7, 11) is 0. The van der Waals surface area contributed by atoms with Gasteiger partial charge < -0.3 is 131 Å². The van der Waals surface area contributed by atoms with Crippen LogP contribution in [0.1, 0.15) is 31.1 Å². The molecule has 0 aliphatic carbocycles. The maximum Gasteiger partial charge on any atom is 0.250 e. The first kappa shape index (κ1) is 57.5. The van der Waals surface area contributed by atoms with Crippen LogP contribution in [-0.2, 0) is 47.5 Å². The Balaban J connectivity index is 1.58. The highest BCUT2D eigenvalue weighted by atomic mass is 16.8. The second-order valence-corrected chi connectivity index (χ2v) is 17.3. The van der Waals surface area contributed by atoms with E-state index in [4.69, 9.17) is 43.6 Å². The number of anilines is 1. The number of hydrogen-bond donors (Lipinski definition) is 18. The minimum atomic E-state index is -2.14. The highest BCUT2D eigenvalue weighted by Gasteiger charge is 2.57. The maximum absolute atomic E-state index is 13.0. The summed E-state index contributed by atoms with van der Waals surface area (Å²) in [6.07, 6.45) is -42.3. The number of carbonyl (C=O) groups is 3. The number of rotatable bonds is 21. The Morgan fingerprint density at radius 3 is 1.73 bits per heavy atom. The lowest BCUT2D eigenvalue weighted by Crippen LogP contribution is -2.70. The summed E-state index contributed by atoms with van der Waals surface area (Å²) in [4.78, 5) is 37.9. The second kappa shape index (κ2) is 25.5. The van der Waals surface area contributed by atoms with Crippen LogP contribution >= 0.6 is 0 Å². The molecule has 24 atom stereocenters. The zero-order valence-electron chi connectivity index (χ0n) is 38.0. The van der Waals surface area contributed by atoms with Crippen molar-refractivity contribution in [1.82, 2.24) is 10.6 Å². The summed E-state index contributed by atoms with van der Waals surface area (Å²) in [5.74, 6) is -2.44. The molecule has 0 radical (unpaired) electrons. The number of ether oxygens (including phenoxy) is 8. The Morgan fingerprint density at radius 1 is 0.643 bits per heavy atom. The smallest absolute Gasteiger partial charge is 0.250 e. The molecule has 0 spiro atoms. The SMILES string of the molecule is CC(=O)N[C@H]1[C@@H](O[C@@H]([C@@H](O)[C@H](O)CO)[C@H](CNc2ccccc2C(N)=O)NC(C)=O)O[C@H](CO)[C@H](O)[C@@H]1O[C@@H]1O[C@H](CO)[C@H](O)[C@H](O[C@H]2O[C@H](CO)[C@H](O)[C@H](O)[C@H]2O)[C@H]1O[C@@H]1O[C@@H](C)[C@@H](O)[C@@H](O)[C@@H]1O. The van der Waals surface area contributed by atoms with Gasteiger partial charge in [0.2, 0.25) is 11.8 Å². The average Bonchev–Trinajstić information content (AvgIpc) is 3.33. The van der Waals surface area contributed by atoms with E-state index in [1.54, 1.807) is 6.07 Å². The molecule has 1 aromatic rings. The molecule has 3 amide bonds. The van der Waals surface area contributed by atoms with Crippen molar-refractivity contribution in [3.63, 3.8) is 0 Å². The van der Waals surface area contributed by atoms with Gasteiger partial charge in [0.15, 0.2) is 25.2 Å². The quantitative estimate of drug-likeness (QED) is 0.0544. The van der Waals surface area contributed by atoms with Crippen molar-refractivity contribution < 1.29 is 124 Å². The van der Waals surface area contributed by atoms with E-state index in [1.807, 2.05) is 0 Å². The first-order chi connectivity index (χ1) is 33.1. The van der Waals surface area contributed by atoms with Gasteiger partial charge in [-0.25, -0.2) is 0 Å². The Bertz CT molecular complexity index is 1840. The largest absolute Gasteiger partial charge is 0.394 e. The zero-order valence-corrected chi connectivity index (χ0v) is 38.0. The third kappa shape index (κ3) is 13.2. The van der Waals surface area contributed by atoms with E-state index in [9.17, 15) is 85.9 Å². The number of para-hydroxylation sites is 1. The topological polar surface area (TPSA) is 470 Å². The fraction of sp³-hybridized carbons (Fsp3) is 0.780. The molecule has 4 heterocycles. The standard InChI is InChI=1S/C41H66N4O25/c1-13-24(53)29(58)31(60)39(63-13)70-36-35(69-40-32(61)30(59)26(55)20(10-47)65-40)28(57)22(12-49)66-41(36)68-34-23(45-15(3)51)38(64-21(11-48)27(34)56)67-33(25(54)19(52)9-46)18(44-14(2)50)8-43-17-7-5-4-6-16(17)37(42)62/h4-7,13,18-36,38-41,43,46-49,52-61H,8-12H2,1-3H3,(H2,42,62)(H,44,50)(H,45,51)/t13-,18-,19+,20+,21+,22+,23+,24+,25-,26-,27-,28-,29+,30-,31-,32+,33+,34+,35-,36+,38+,39-,40+,41-/m0/s1. The van der Waals surface area contributed by atoms with Crippen molar-refractivity contribution in [3.05, 3.63) is 29.8 Å². The van der Waals surface area contributed by atoms with Crippen molar-refractivity contribution in [1.29, 1.82) is 0 Å². The molecule has 70 heavy (non-hydrogen) atoms. The third-order valence-electron chi connectivity index (χ3n) is 12.3. The summed E-state index contributed by atoms with van der Waals surface area (Å²) in [5.41, 5.74) is 5.70. The van der Waals surface area contributed by atoms with Gasteiger partial charge in [0.1, 0.15) is 110 Å². The van der Waals surface area contributed by atoms with Gasteiger partial charge in [0.05, 0.1) is 44.1 Å². The molecule has 5 rings (SSSR count).